The zero-order valence-corrected chi connectivity index (χ0v) is 15.4. The number of hydrogen-bond donors (Lipinski definition) is 1. The van der Waals surface area contributed by atoms with Crippen molar-refractivity contribution in [2.24, 2.45) is 0 Å². The van der Waals surface area contributed by atoms with E-state index in [1.165, 1.54) is 6.92 Å². The van der Waals surface area contributed by atoms with Gasteiger partial charge in [-0.1, -0.05) is 48.5 Å². The molecule has 0 spiro atoms. The van der Waals surface area contributed by atoms with Crippen LogP contribution in [-0.2, 0) is 16.1 Å². The van der Waals surface area contributed by atoms with Crippen LogP contribution in [0, 0.1) is 0 Å². The molecule has 5 nitrogen and oxygen atoms in total. The van der Waals surface area contributed by atoms with Crippen LogP contribution >= 0.6 is 0 Å². The third kappa shape index (κ3) is 4.85. The summed E-state index contributed by atoms with van der Waals surface area (Å²) in [5.74, 6) is 0.366. The molecular formula is C22H22N2O3. The summed E-state index contributed by atoms with van der Waals surface area (Å²) in [4.78, 5) is 25.4. The van der Waals surface area contributed by atoms with E-state index in [0.29, 0.717) is 18.0 Å². The van der Waals surface area contributed by atoms with Gasteiger partial charge in [-0.05, 0) is 34.5 Å². The molecule has 0 heterocycles. The third-order valence-corrected chi connectivity index (χ3v) is 4.33. The highest BCUT2D eigenvalue weighted by Crippen LogP contribution is 2.21. The lowest BCUT2D eigenvalue weighted by molar-refractivity contribution is -0.128. The van der Waals surface area contributed by atoms with Gasteiger partial charge in [-0.3, -0.25) is 9.59 Å². The predicted molar refractivity (Wildman–Crippen MR) is 107 cm³/mol. The largest absolute Gasteiger partial charge is 0.484 e. The molecule has 0 radical (unpaired) electrons. The number of nitrogens with zero attached hydrogens (tertiary/aromatic N) is 1. The Labute approximate surface area is 158 Å². The molecule has 2 amide bonds. The number of nitrogens with one attached hydrogen (secondary N) is 1. The van der Waals surface area contributed by atoms with E-state index in [4.69, 9.17) is 4.74 Å². The van der Waals surface area contributed by atoms with Crippen LogP contribution in [-0.4, -0.2) is 30.4 Å². The molecule has 0 unspecified atom stereocenters. The second-order valence-electron chi connectivity index (χ2n) is 6.38. The summed E-state index contributed by atoms with van der Waals surface area (Å²) in [6.07, 6.45) is 0. The Morgan fingerprint density at radius 3 is 2.44 bits per heavy atom. The van der Waals surface area contributed by atoms with Gasteiger partial charge in [-0.25, -0.2) is 0 Å². The number of anilines is 1. The fourth-order valence-corrected chi connectivity index (χ4v) is 2.74. The van der Waals surface area contributed by atoms with Crippen LogP contribution in [0.3, 0.4) is 0 Å². The smallest absolute Gasteiger partial charge is 0.262 e. The molecular weight excluding hydrogens is 340 g/mol. The first-order chi connectivity index (χ1) is 13.0. The number of rotatable bonds is 6. The molecule has 0 fully saturated rings. The average molecular weight is 362 g/mol. The number of hydrogen-bond acceptors (Lipinski definition) is 3. The number of carbonyl (C=O) groups excluding carboxylic acids is 2. The number of benzene rings is 3. The normalized spacial score (nSPS) is 10.4. The van der Waals surface area contributed by atoms with E-state index in [2.05, 4.69) is 5.32 Å². The summed E-state index contributed by atoms with van der Waals surface area (Å²) >= 11 is 0. The van der Waals surface area contributed by atoms with Gasteiger partial charge in [0.15, 0.2) is 6.61 Å². The van der Waals surface area contributed by atoms with Crippen LogP contribution in [0.15, 0.2) is 66.7 Å². The lowest BCUT2D eigenvalue weighted by Gasteiger charge is -2.18. The van der Waals surface area contributed by atoms with Gasteiger partial charge in [-0.2, -0.15) is 0 Å². The lowest BCUT2D eigenvalue weighted by atomic mass is 10.1. The molecule has 0 aliphatic carbocycles. The average Bonchev–Trinajstić information content (AvgIpc) is 2.67. The number of carbonyl (C=O) groups is 2. The second kappa shape index (κ2) is 8.36. The summed E-state index contributed by atoms with van der Waals surface area (Å²) in [6.45, 7) is 1.85. The van der Waals surface area contributed by atoms with E-state index in [1.807, 2.05) is 66.7 Å². The molecule has 5 heteroatoms. The van der Waals surface area contributed by atoms with Crippen molar-refractivity contribution in [2.75, 3.05) is 19.0 Å². The molecule has 3 aromatic carbocycles. The van der Waals surface area contributed by atoms with Crippen LogP contribution in [0.5, 0.6) is 5.75 Å². The van der Waals surface area contributed by atoms with Crippen LogP contribution in [0.4, 0.5) is 5.69 Å². The van der Waals surface area contributed by atoms with Crippen molar-refractivity contribution >= 4 is 28.3 Å². The lowest BCUT2D eigenvalue weighted by Crippen LogP contribution is -2.25. The van der Waals surface area contributed by atoms with E-state index < -0.39 is 0 Å². The molecule has 138 valence electrons. The van der Waals surface area contributed by atoms with Gasteiger partial charge in [-0.15, -0.1) is 0 Å². The summed E-state index contributed by atoms with van der Waals surface area (Å²) in [6, 6.07) is 21.1. The number of ether oxygens (including phenoxy) is 1. The highest BCUT2D eigenvalue weighted by atomic mass is 16.5. The highest BCUT2D eigenvalue weighted by Gasteiger charge is 2.10. The Morgan fingerprint density at radius 2 is 1.67 bits per heavy atom. The van der Waals surface area contributed by atoms with Gasteiger partial charge in [0.05, 0.1) is 0 Å². The van der Waals surface area contributed by atoms with Crippen molar-refractivity contribution < 1.29 is 14.3 Å². The van der Waals surface area contributed by atoms with Crippen LogP contribution < -0.4 is 10.1 Å². The van der Waals surface area contributed by atoms with Gasteiger partial charge >= 0.3 is 0 Å². The van der Waals surface area contributed by atoms with Crippen molar-refractivity contribution in [3.05, 3.63) is 72.3 Å². The molecule has 0 aliphatic rings. The van der Waals surface area contributed by atoms with Crippen molar-refractivity contribution in [2.45, 2.75) is 13.5 Å². The van der Waals surface area contributed by atoms with Gasteiger partial charge in [0.25, 0.3) is 5.91 Å². The zero-order valence-electron chi connectivity index (χ0n) is 15.4. The van der Waals surface area contributed by atoms with Crippen molar-refractivity contribution in [3.63, 3.8) is 0 Å². The minimum Gasteiger partial charge on any atom is -0.484 e. The summed E-state index contributed by atoms with van der Waals surface area (Å²) in [5.41, 5.74) is 1.55. The first kappa shape index (κ1) is 18.5. The summed E-state index contributed by atoms with van der Waals surface area (Å²) in [7, 11) is 1.73. The van der Waals surface area contributed by atoms with Crippen molar-refractivity contribution in [3.8, 4) is 5.75 Å². The molecule has 0 aliphatic heterocycles. The topological polar surface area (TPSA) is 58.6 Å². The molecule has 0 aromatic heterocycles. The van der Waals surface area contributed by atoms with E-state index in [-0.39, 0.29) is 18.4 Å². The Bertz CT molecular complexity index is 968. The fraction of sp³-hybridized carbons (Fsp3) is 0.182. The molecule has 3 aromatic rings. The third-order valence-electron chi connectivity index (χ3n) is 4.33. The standard InChI is InChI=1S/C22H22N2O3/c1-16(25)24(2)14-19-9-5-6-10-21(19)23-22(26)15-27-20-12-11-17-7-3-4-8-18(17)13-20/h3-13H,14-15H2,1-2H3,(H,23,26). The minimum atomic E-state index is -0.249. The first-order valence-corrected chi connectivity index (χ1v) is 8.74. The van der Waals surface area contributed by atoms with Crippen LogP contribution in [0.1, 0.15) is 12.5 Å². The van der Waals surface area contributed by atoms with Gasteiger partial charge in [0.2, 0.25) is 5.91 Å². The number of amides is 2. The second-order valence-corrected chi connectivity index (χ2v) is 6.38. The first-order valence-electron chi connectivity index (χ1n) is 8.74. The monoisotopic (exact) mass is 362 g/mol. The van der Waals surface area contributed by atoms with E-state index in [0.717, 1.165) is 16.3 Å². The molecule has 1 N–H and O–H groups in total. The number of fused-ring (bicyclic) bond motifs is 1. The Balaban J connectivity index is 1.63. The van der Waals surface area contributed by atoms with Crippen LogP contribution in [0.2, 0.25) is 0 Å². The molecule has 3 rings (SSSR count). The summed E-state index contributed by atoms with van der Waals surface area (Å²) < 4.78 is 5.63. The fourth-order valence-electron chi connectivity index (χ4n) is 2.74. The summed E-state index contributed by atoms with van der Waals surface area (Å²) in [5, 5.41) is 5.05. The minimum absolute atomic E-state index is 0.0317. The molecule has 0 saturated heterocycles. The Kier molecular flexibility index (Phi) is 5.71. The maximum Gasteiger partial charge on any atom is 0.262 e. The van der Waals surface area contributed by atoms with Gasteiger partial charge in [0.1, 0.15) is 5.75 Å². The quantitative estimate of drug-likeness (QED) is 0.725. The SMILES string of the molecule is CC(=O)N(C)Cc1ccccc1NC(=O)COc1ccc2ccccc2c1. The van der Waals surface area contributed by atoms with Crippen molar-refractivity contribution in [1.29, 1.82) is 0 Å². The van der Waals surface area contributed by atoms with E-state index in [9.17, 15) is 9.59 Å². The molecule has 0 bridgehead atoms. The number of para-hydroxylation sites is 1. The Hall–Kier alpha value is -3.34. The Morgan fingerprint density at radius 1 is 0.963 bits per heavy atom. The zero-order chi connectivity index (χ0) is 19.2. The van der Waals surface area contributed by atoms with Crippen molar-refractivity contribution in [1.82, 2.24) is 4.90 Å². The van der Waals surface area contributed by atoms with Crippen LogP contribution in [0.25, 0.3) is 10.8 Å². The van der Waals surface area contributed by atoms with Gasteiger partial charge < -0.3 is 15.0 Å². The maximum atomic E-state index is 12.3. The van der Waals surface area contributed by atoms with Gasteiger partial charge in [0, 0.05) is 26.2 Å². The predicted octanol–water partition coefficient (Wildman–Crippen LogP) is 3.84. The van der Waals surface area contributed by atoms with E-state index >= 15 is 0 Å². The molecule has 27 heavy (non-hydrogen) atoms. The van der Waals surface area contributed by atoms with E-state index in [1.54, 1.807) is 11.9 Å². The molecule has 0 atom stereocenters. The molecule has 0 saturated carbocycles. The highest BCUT2D eigenvalue weighted by molar-refractivity contribution is 5.93. The maximum absolute atomic E-state index is 12.3.